The number of nitrogens with zero attached hydrogens (tertiary/aromatic N) is 3. The van der Waals surface area contributed by atoms with Gasteiger partial charge < -0.3 is 24.4 Å². The molecule has 1 amide bonds. The fraction of sp³-hybridized carbons (Fsp3) is 0.200. The van der Waals surface area contributed by atoms with Gasteiger partial charge in [-0.05, 0) is 38.1 Å². The molecule has 0 fully saturated rings. The summed E-state index contributed by atoms with van der Waals surface area (Å²) in [4.78, 5) is 49.1. The van der Waals surface area contributed by atoms with Crippen LogP contribution in [0.1, 0.15) is 52.2 Å². The highest BCUT2D eigenvalue weighted by Crippen LogP contribution is 2.20. The van der Waals surface area contributed by atoms with Crippen molar-refractivity contribution in [3.05, 3.63) is 89.6 Å². The third-order valence-corrected chi connectivity index (χ3v) is 4.79. The number of hydrogen-bond donors (Lipinski definition) is 2. The zero-order valence-corrected chi connectivity index (χ0v) is 19.8. The van der Waals surface area contributed by atoms with E-state index in [1.807, 2.05) is 25.1 Å². The molecular weight excluding hydrogens is 470 g/mol. The number of carbonyl (C=O) groups is 4. The summed E-state index contributed by atoms with van der Waals surface area (Å²) in [5.74, 6) is -1.87. The van der Waals surface area contributed by atoms with Gasteiger partial charge in [0.25, 0.3) is 5.91 Å². The van der Waals surface area contributed by atoms with E-state index < -0.39 is 11.9 Å². The quantitative estimate of drug-likeness (QED) is 0.332. The molecule has 0 aliphatic heterocycles. The number of carboxylic acids is 2. The fourth-order valence-electron chi connectivity index (χ4n) is 2.76. The number of rotatable bonds is 9. The number of carbonyl (C=O) groups excluding carboxylic acids is 2. The lowest BCUT2D eigenvalue weighted by Crippen LogP contribution is -2.30. The van der Waals surface area contributed by atoms with Gasteiger partial charge in [0.1, 0.15) is 12.4 Å². The van der Waals surface area contributed by atoms with Crippen LogP contribution in [0.25, 0.3) is 0 Å². The lowest BCUT2D eigenvalue weighted by atomic mass is 10.1. The first-order valence-corrected chi connectivity index (χ1v) is 10.6. The first kappa shape index (κ1) is 27.4. The minimum absolute atomic E-state index is 0.0388. The molecule has 0 radical (unpaired) electrons. The number of pyridine rings is 1. The Morgan fingerprint density at radius 3 is 2.33 bits per heavy atom. The number of ketones is 1. The molecule has 0 spiro atoms. The second-order valence-electron chi connectivity index (χ2n) is 7.41. The molecule has 188 valence electrons. The number of aliphatic carboxylic acids is 2. The number of carboxylic acid groups (broad SMARTS) is 2. The van der Waals surface area contributed by atoms with Crippen molar-refractivity contribution in [3.8, 4) is 5.75 Å². The van der Waals surface area contributed by atoms with E-state index in [4.69, 9.17) is 19.5 Å². The predicted octanol–water partition coefficient (Wildman–Crippen LogP) is 3.40. The number of hydrogen-bond acceptors (Lipinski definition) is 8. The predicted molar refractivity (Wildman–Crippen MR) is 126 cm³/mol. The van der Waals surface area contributed by atoms with Gasteiger partial charge >= 0.3 is 11.9 Å². The Bertz CT molecular complexity index is 1220. The van der Waals surface area contributed by atoms with Crippen LogP contribution in [-0.4, -0.2) is 55.9 Å². The largest absolute Gasteiger partial charge is 0.486 e. The Morgan fingerprint density at radius 2 is 1.75 bits per heavy atom. The summed E-state index contributed by atoms with van der Waals surface area (Å²) in [6.45, 7) is 3.49. The SMILES string of the molecule is CC(=O)c1cccc(OCc2cc(C(=O)N(C)[C@@H](C)c3ccccn3)no2)c1.O=C(O)/C=C/C(=O)O. The Kier molecular flexibility index (Phi) is 10.0. The van der Waals surface area contributed by atoms with Gasteiger partial charge in [0.2, 0.25) is 0 Å². The summed E-state index contributed by atoms with van der Waals surface area (Å²) in [7, 11) is 1.69. The molecule has 11 nitrogen and oxygen atoms in total. The molecule has 0 unspecified atom stereocenters. The smallest absolute Gasteiger partial charge is 0.328 e. The van der Waals surface area contributed by atoms with Gasteiger partial charge in [-0.25, -0.2) is 9.59 Å². The molecule has 0 aliphatic carbocycles. The first-order chi connectivity index (χ1) is 17.1. The van der Waals surface area contributed by atoms with Crippen LogP contribution < -0.4 is 4.74 Å². The molecule has 3 rings (SSSR count). The molecule has 11 heteroatoms. The van der Waals surface area contributed by atoms with Crippen molar-refractivity contribution in [1.29, 1.82) is 0 Å². The minimum Gasteiger partial charge on any atom is -0.486 e. The van der Waals surface area contributed by atoms with Gasteiger partial charge in [-0.3, -0.25) is 14.6 Å². The molecule has 3 aromatic rings. The highest BCUT2D eigenvalue weighted by molar-refractivity contribution is 5.94. The van der Waals surface area contributed by atoms with Gasteiger partial charge in [0, 0.05) is 37.0 Å². The molecule has 0 saturated carbocycles. The average Bonchev–Trinajstić information content (AvgIpc) is 3.35. The van der Waals surface area contributed by atoms with E-state index in [-0.39, 0.29) is 30.0 Å². The number of ether oxygens (including phenoxy) is 1. The van der Waals surface area contributed by atoms with E-state index >= 15 is 0 Å². The molecule has 2 aromatic heterocycles. The number of benzene rings is 1. The van der Waals surface area contributed by atoms with Gasteiger partial charge in [0.15, 0.2) is 17.2 Å². The number of aromatic nitrogens is 2. The normalized spacial score (nSPS) is 11.2. The zero-order chi connectivity index (χ0) is 26.7. The maximum atomic E-state index is 12.7. The maximum Gasteiger partial charge on any atom is 0.328 e. The van der Waals surface area contributed by atoms with E-state index in [0.717, 1.165) is 5.69 Å². The molecule has 2 heterocycles. The van der Waals surface area contributed by atoms with Gasteiger partial charge in [-0.15, -0.1) is 0 Å². The topological polar surface area (TPSA) is 160 Å². The summed E-state index contributed by atoms with van der Waals surface area (Å²) in [6, 6.07) is 13.8. The van der Waals surface area contributed by atoms with E-state index in [2.05, 4.69) is 10.1 Å². The van der Waals surface area contributed by atoms with Crippen LogP contribution in [0.4, 0.5) is 0 Å². The van der Waals surface area contributed by atoms with Crippen molar-refractivity contribution < 1.29 is 38.7 Å². The van der Waals surface area contributed by atoms with E-state index in [0.29, 0.717) is 29.2 Å². The molecule has 0 saturated heterocycles. The Morgan fingerprint density at radius 1 is 1.06 bits per heavy atom. The van der Waals surface area contributed by atoms with Crippen LogP contribution in [0.5, 0.6) is 5.75 Å². The molecular formula is C25H25N3O8. The lowest BCUT2D eigenvalue weighted by Gasteiger charge is -2.23. The summed E-state index contributed by atoms with van der Waals surface area (Å²) in [5.41, 5.74) is 1.55. The van der Waals surface area contributed by atoms with Gasteiger partial charge in [-0.1, -0.05) is 23.4 Å². The number of amides is 1. The molecule has 36 heavy (non-hydrogen) atoms. The van der Waals surface area contributed by atoms with E-state index in [1.54, 1.807) is 48.5 Å². The van der Waals surface area contributed by atoms with Gasteiger partial charge in [0.05, 0.1) is 11.7 Å². The highest BCUT2D eigenvalue weighted by Gasteiger charge is 2.23. The maximum absolute atomic E-state index is 12.7. The van der Waals surface area contributed by atoms with Crippen molar-refractivity contribution in [3.63, 3.8) is 0 Å². The second-order valence-corrected chi connectivity index (χ2v) is 7.41. The number of Topliss-reactive ketones (excluding diaryl/α,β-unsaturated/α-hetero) is 1. The third kappa shape index (κ3) is 8.52. The monoisotopic (exact) mass is 495 g/mol. The molecule has 1 aromatic carbocycles. The fourth-order valence-corrected chi connectivity index (χ4v) is 2.76. The van der Waals surface area contributed by atoms with Crippen LogP contribution in [0.15, 0.2) is 71.4 Å². The van der Waals surface area contributed by atoms with Crippen LogP contribution in [0, 0.1) is 0 Å². The third-order valence-electron chi connectivity index (χ3n) is 4.79. The average molecular weight is 495 g/mol. The summed E-state index contributed by atoms with van der Waals surface area (Å²) >= 11 is 0. The molecule has 0 bridgehead atoms. The van der Waals surface area contributed by atoms with Crippen LogP contribution in [-0.2, 0) is 16.2 Å². The van der Waals surface area contributed by atoms with Crippen LogP contribution >= 0.6 is 0 Å². The van der Waals surface area contributed by atoms with E-state index in [9.17, 15) is 19.2 Å². The standard InChI is InChI=1S/C21H21N3O4.C4H4O4/c1-14(19-9-4-5-10-22-19)24(3)21(26)20-12-18(28-23-20)13-27-17-8-6-7-16(11-17)15(2)25;5-3(6)1-2-4(7)8/h4-12,14H,13H2,1-3H3;1-2H,(H,5,6)(H,7,8)/b;2-1+/t14-;/m0./s1. The van der Waals surface area contributed by atoms with Gasteiger partial charge in [-0.2, -0.15) is 0 Å². The van der Waals surface area contributed by atoms with Crippen molar-refractivity contribution >= 4 is 23.6 Å². The van der Waals surface area contributed by atoms with Crippen LogP contribution in [0.2, 0.25) is 0 Å². The minimum atomic E-state index is -1.26. The second kappa shape index (κ2) is 13.2. The van der Waals surface area contributed by atoms with Crippen molar-refractivity contribution in [2.24, 2.45) is 0 Å². The van der Waals surface area contributed by atoms with Crippen molar-refractivity contribution in [1.82, 2.24) is 15.0 Å². The summed E-state index contributed by atoms with van der Waals surface area (Å²) in [5, 5.41) is 19.5. The van der Waals surface area contributed by atoms with Crippen molar-refractivity contribution in [2.75, 3.05) is 7.05 Å². The van der Waals surface area contributed by atoms with E-state index in [1.165, 1.54) is 6.92 Å². The summed E-state index contributed by atoms with van der Waals surface area (Å²) < 4.78 is 10.8. The molecule has 0 aliphatic rings. The zero-order valence-electron chi connectivity index (χ0n) is 19.8. The lowest BCUT2D eigenvalue weighted by molar-refractivity contribution is -0.134. The van der Waals surface area contributed by atoms with Crippen LogP contribution in [0.3, 0.4) is 0 Å². The highest BCUT2D eigenvalue weighted by atomic mass is 16.5. The van der Waals surface area contributed by atoms with Crippen molar-refractivity contribution in [2.45, 2.75) is 26.5 Å². The molecule has 1 atom stereocenters. The molecule has 2 N–H and O–H groups in total. The summed E-state index contributed by atoms with van der Waals surface area (Å²) in [6.07, 6.45) is 2.81. The Labute approximate surface area is 206 Å². The Balaban J connectivity index is 0.000000493. The first-order valence-electron chi connectivity index (χ1n) is 10.6. The Hall–Kier alpha value is -4.80.